The quantitative estimate of drug-likeness (QED) is 0.616. The van der Waals surface area contributed by atoms with Crippen LogP contribution in [0.4, 0.5) is 8.78 Å². The van der Waals surface area contributed by atoms with Gasteiger partial charge < -0.3 is 10.9 Å². The number of thioether (sulfide) groups is 1. The monoisotopic (exact) mass is 379 g/mol. The van der Waals surface area contributed by atoms with Crippen molar-refractivity contribution in [1.29, 1.82) is 5.41 Å². The fourth-order valence-corrected chi connectivity index (χ4v) is 2.61. The highest BCUT2D eigenvalue weighted by atomic mass is 79.9. The van der Waals surface area contributed by atoms with Crippen LogP contribution in [0.1, 0.15) is 11.3 Å². The minimum absolute atomic E-state index is 0. The SMILES string of the molecule is N=C(Cc1ccc(F)c(Br)c1)c1nonc1SCCF.O. The molecule has 0 aliphatic carbocycles. The molecule has 0 radical (unpaired) electrons. The minimum atomic E-state index is -0.491. The van der Waals surface area contributed by atoms with E-state index >= 15 is 0 Å². The van der Waals surface area contributed by atoms with Crippen molar-refractivity contribution < 1.29 is 18.9 Å². The molecule has 3 N–H and O–H groups in total. The van der Waals surface area contributed by atoms with Gasteiger partial charge in [-0.2, -0.15) is 0 Å². The Labute approximate surface area is 132 Å². The second-order valence-corrected chi connectivity index (χ2v) is 5.80. The van der Waals surface area contributed by atoms with E-state index in [1.165, 1.54) is 6.07 Å². The van der Waals surface area contributed by atoms with Crippen molar-refractivity contribution in [3.05, 3.63) is 39.7 Å². The van der Waals surface area contributed by atoms with Gasteiger partial charge in [0.1, 0.15) is 5.82 Å². The Bertz CT molecular complexity index is 624. The Balaban J connectivity index is 0.00000220. The molecular formula is C12H12BrF2N3O2S. The molecule has 0 aliphatic rings. The first kappa shape index (κ1) is 17.7. The molecule has 5 nitrogen and oxygen atoms in total. The van der Waals surface area contributed by atoms with Gasteiger partial charge in [0.2, 0.25) is 0 Å². The summed E-state index contributed by atoms with van der Waals surface area (Å²) >= 11 is 4.24. The van der Waals surface area contributed by atoms with Crippen LogP contribution in [-0.2, 0) is 6.42 Å². The van der Waals surface area contributed by atoms with Crippen LogP contribution in [0.3, 0.4) is 0 Å². The van der Waals surface area contributed by atoms with Gasteiger partial charge in [-0.1, -0.05) is 17.8 Å². The van der Waals surface area contributed by atoms with E-state index in [1.807, 2.05) is 0 Å². The van der Waals surface area contributed by atoms with E-state index in [4.69, 9.17) is 5.41 Å². The second kappa shape index (κ2) is 8.20. The predicted molar refractivity (Wildman–Crippen MR) is 79.2 cm³/mol. The highest BCUT2D eigenvalue weighted by Crippen LogP contribution is 2.22. The molecule has 1 heterocycles. The van der Waals surface area contributed by atoms with E-state index < -0.39 is 6.67 Å². The standard InChI is InChI=1S/C12H10BrF2N3OS.H2O/c13-8-5-7(1-2-9(8)15)6-10(16)11-12(18-19-17-11)20-4-3-14;/h1-2,5,16H,3-4,6H2;1H2. The lowest BCUT2D eigenvalue weighted by Gasteiger charge is -2.03. The van der Waals surface area contributed by atoms with Crippen molar-refractivity contribution in [2.75, 3.05) is 12.4 Å². The van der Waals surface area contributed by atoms with Gasteiger partial charge >= 0.3 is 0 Å². The maximum absolute atomic E-state index is 13.1. The minimum Gasteiger partial charge on any atom is -0.412 e. The normalized spacial score (nSPS) is 10.2. The first-order chi connectivity index (χ1) is 9.61. The summed E-state index contributed by atoms with van der Waals surface area (Å²) in [5.41, 5.74) is 1.24. The molecule has 21 heavy (non-hydrogen) atoms. The third kappa shape index (κ3) is 4.58. The zero-order chi connectivity index (χ0) is 14.5. The molecule has 2 rings (SSSR count). The number of nitrogens with zero attached hydrogens (tertiary/aromatic N) is 2. The average molecular weight is 380 g/mol. The Morgan fingerprint density at radius 1 is 1.38 bits per heavy atom. The number of nitrogens with one attached hydrogen (secondary N) is 1. The molecule has 0 unspecified atom stereocenters. The van der Waals surface area contributed by atoms with Gasteiger partial charge in [-0.3, -0.25) is 4.39 Å². The zero-order valence-corrected chi connectivity index (χ0v) is 13.1. The molecule has 0 saturated heterocycles. The molecule has 0 aliphatic heterocycles. The largest absolute Gasteiger partial charge is 0.412 e. The van der Waals surface area contributed by atoms with E-state index in [1.54, 1.807) is 12.1 Å². The van der Waals surface area contributed by atoms with Crippen molar-refractivity contribution in [3.8, 4) is 0 Å². The Hall–Kier alpha value is -1.32. The van der Waals surface area contributed by atoms with Crippen LogP contribution in [0, 0.1) is 11.2 Å². The van der Waals surface area contributed by atoms with Crippen LogP contribution >= 0.6 is 27.7 Å². The fraction of sp³-hybridized carbons (Fsp3) is 0.250. The number of rotatable bonds is 6. The highest BCUT2D eigenvalue weighted by molar-refractivity contribution is 9.10. The lowest BCUT2D eigenvalue weighted by atomic mass is 10.1. The van der Waals surface area contributed by atoms with Crippen LogP contribution in [0.5, 0.6) is 0 Å². The molecular weight excluding hydrogens is 368 g/mol. The summed E-state index contributed by atoms with van der Waals surface area (Å²) in [5, 5.41) is 15.7. The number of aromatic nitrogens is 2. The maximum atomic E-state index is 13.1. The molecule has 9 heteroatoms. The van der Waals surface area contributed by atoms with Gasteiger partial charge in [0.15, 0.2) is 10.7 Å². The summed E-state index contributed by atoms with van der Waals surface area (Å²) < 4.78 is 30.2. The van der Waals surface area contributed by atoms with Crippen LogP contribution in [0.2, 0.25) is 0 Å². The van der Waals surface area contributed by atoms with E-state index in [2.05, 4.69) is 30.9 Å². The molecule has 114 valence electrons. The molecule has 0 spiro atoms. The van der Waals surface area contributed by atoms with E-state index in [9.17, 15) is 8.78 Å². The van der Waals surface area contributed by atoms with Crippen molar-refractivity contribution >= 4 is 33.4 Å². The summed E-state index contributed by atoms with van der Waals surface area (Å²) in [4.78, 5) is 0. The lowest BCUT2D eigenvalue weighted by molar-refractivity contribution is 0.298. The van der Waals surface area contributed by atoms with Crippen molar-refractivity contribution in [2.45, 2.75) is 11.4 Å². The summed E-state index contributed by atoms with van der Waals surface area (Å²) in [6.07, 6.45) is 0.260. The van der Waals surface area contributed by atoms with Crippen LogP contribution < -0.4 is 0 Å². The van der Waals surface area contributed by atoms with Gasteiger partial charge in [0.05, 0.1) is 16.9 Å². The number of hydrogen-bond donors (Lipinski definition) is 1. The summed E-state index contributed by atoms with van der Waals surface area (Å²) in [5.74, 6) is -0.126. The zero-order valence-electron chi connectivity index (χ0n) is 10.7. The Morgan fingerprint density at radius 3 is 2.81 bits per heavy atom. The molecule has 0 saturated carbocycles. The molecule has 2 aromatic rings. The third-order valence-electron chi connectivity index (χ3n) is 2.43. The smallest absolute Gasteiger partial charge is 0.170 e. The summed E-state index contributed by atoms with van der Waals surface area (Å²) in [7, 11) is 0. The molecule has 1 aromatic heterocycles. The highest BCUT2D eigenvalue weighted by Gasteiger charge is 2.16. The van der Waals surface area contributed by atoms with E-state index in [0.29, 0.717) is 15.2 Å². The molecule has 1 aromatic carbocycles. The maximum Gasteiger partial charge on any atom is 0.170 e. The van der Waals surface area contributed by atoms with Crippen LogP contribution in [0.25, 0.3) is 0 Å². The lowest BCUT2D eigenvalue weighted by Crippen LogP contribution is -2.06. The average Bonchev–Trinajstić information content (AvgIpc) is 2.89. The van der Waals surface area contributed by atoms with Crippen molar-refractivity contribution in [2.24, 2.45) is 0 Å². The van der Waals surface area contributed by atoms with E-state index in [0.717, 1.165) is 17.3 Å². The first-order valence-corrected chi connectivity index (χ1v) is 7.42. The first-order valence-electron chi connectivity index (χ1n) is 5.65. The number of halogens is 3. The number of benzene rings is 1. The van der Waals surface area contributed by atoms with Gasteiger partial charge in [-0.05, 0) is 43.9 Å². The van der Waals surface area contributed by atoms with Gasteiger partial charge in [0, 0.05) is 12.2 Å². The predicted octanol–water partition coefficient (Wildman–Crippen LogP) is 2.82. The van der Waals surface area contributed by atoms with Gasteiger partial charge in [-0.25, -0.2) is 9.02 Å². The van der Waals surface area contributed by atoms with Crippen molar-refractivity contribution in [3.63, 3.8) is 0 Å². The molecule has 0 atom stereocenters. The summed E-state index contributed by atoms with van der Waals surface area (Å²) in [6.45, 7) is -0.491. The molecule has 0 fully saturated rings. The summed E-state index contributed by atoms with van der Waals surface area (Å²) in [6, 6.07) is 4.52. The van der Waals surface area contributed by atoms with Gasteiger partial charge in [0.25, 0.3) is 0 Å². The van der Waals surface area contributed by atoms with Crippen LogP contribution in [0.15, 0.2) is 32.3 Å². The number of hydrogen-bond acceptors (Lipinski definition) is 5. The molecule has 0 bridgehead atoms. The van der Waals surface area contributed by atoms with Crippen LogP contribution in [-0.4, -0.2) is 33.9 Å². The number of alkyl halides is 1. The third-order valence-corrected chi connectivity index (χ3v) is 3.93. The fourth-order valence-electron chi connectivity index (χ4n) is 1.53. The Morgan fingerprint density at radius 2 is 2.14 bits per heavy atom. The molecule has 0 amide bonds. The second-order valence-electron chi connectivity index (χ2n) is 3.86. The van der Waals surface area contributed by atoms with Gasteiger partial charge in [-0.15, -0.1) is 0 Å². The Kier molecular flexibility index (Phi) is 6.93. The van der Waals surface area contributed by atoms with E-state index in [-0.39, 0.29) is 29.2 Å². The topological polar surface area (TPSA) is 94.3 Å². The van der Waals surface area contributed by atoms with Crippen molar-refractivity contribution in [1.82, 2.24) is 10.3 Å².